The third-order valence-corrected chi connectivity index (χ3v) is 4.63. The van der Waals surface area contributed by atoms with Crippen LogP contribution in [0.15, 0.2) is 42.6 Å². The number of carbonyl (C=O) groups excluding carboxylic acids is 1. The fourth-order valence-corrected chi connectivity index (χ4v) is 3.37. The van der Waals surface area contributed by atoms with Crippen molar-refractivity contribution in [1.82, 2.24) is 9.88 Å². The molecule has 1 atom stereocenters. The van der Waals surface area contributed by atoms with E-state index in [1.807, 2.05) is 48.2 Å². The molecule has 0 N–H and O–H groups in total. The Bertz CT molecular complexity index is 706. The van der Waals surface area contributed by atoms with Crippen molar-refractivity contribution in [1.29, 1.82) is 0 Å². The maximum absolute atomic E-state index is 12.6. The molecule has 1 aromatic carbocycles. The molecule has 1 saturated heterocycles. The summed E-state index contributed by atoms with van der Waals surface area (Å²) in [6.45, 7) is 3.01. The summed E-state index contributed by atoms with van der Waals surface area (Å²) in [5.74, 6) is 0. The SMILES string of the molecule is Cc1cc(Cl)ncc1C1CCCCN1C(=O)OCc1ccccc1. The lowest BCUT2D eigenvalue weighted by molar-refractivity contribution is 0.0677. The zero-order valence-electron chi connectivity index (χ0n) is 13.7. The minimum atomic E-state index is -0.266. The van der Waals surface area contributed by atoms with Gasteiger partial charge >= 0.3 is 6.09 Å². The summed E-state index contributed by atoms with van der Waals surface area (Å²) in [5.41, 5.74) is 3.10. The molecule has 0 radical (unpaired) electrons. The average Bonchev–Trinajstić information content (AvgIpc) is 2.61. The Morgan fingerprint density at radius 2 is 2.12 bits per heavy atom. The maximum atomic E-state index is 12.6. The van der Waals surface area contributed by atoms with E-state index in [0.717, 1.165) is 36.0 Å². The Morgan fingerprint density at radius 3 is 2.88 bits per heavy atom. The van der Waals surface area contributed by atoms with Crippen LogP contribution in [0.3, 0.4) is 0 Å². The van der Waals surface area contributed by atoms with Gasteiger partial charge in [-0.25, -0.2) is 9.78 Å². The molecule has 126 valence electrons. The van der Waals surface area contributed by atoms with E-state index in [9.17, 15) is 4.79 Å². The largest absolute Gasteiger partial charge is 0.445 e. The molecule has 5 heteroatoms. The van der Waals surface area contributed by atoms with Gasteiger partial charge in [-0.1, -0.05) is 41.9 Å². The molecule has 1 aliphatic heterocycles. The number of halogens is 1. The quantitative estimate of drug-likeness (QED) is 0.743. The molecule has 1 unspecified atom stereocenters. The van der Waals surface area contributed by atoms with Gasteiger partial charge in [0.25, 0.3) is 0 Å². The van der Waals surface area contributed by atoms with Crippen molar-refractivity contribution in [2.24, 2.45) is 0 Å². The second-order valence-electron chi connectivity index (χ2n) is 6.11. The number of hydrogen-bond donors (Lipinski definition) is 0. The van der Waals surface area contributed by atoms with Gasteiger partial charge in [-0.05, 0) is 48.9 Å². The number of amides is 1. The highest BCUT2D eigenvalue weighted by atomic mass is 35.5. The van der Waals surface area contributed by atoms with Crippen molar-refractivity contribution in [3.05, 3.63) is 64.4 Å². The maximum Gasteiger partial charge on any atom is 0.410 e. The predicted molar refractivity (Wildman–Crippen MR) is 93.9 cm³/mol. The second kappa shape index (κ2) is 7.67. The molecular weight excluding hydrogens is 324 g/mol. The average molecular weight is 345 g/mol. The first kappa shape index (κ1) is 16.8. The molecule has 4 nitrogen and oxygen atoms in total. The highest BCUT2D eigenvalue weighted by molar-refractivity contribution is 6.29. The van der Waals surface area contributed by atoms with Crippen molar-refractivity contribution < 1.29 is 9.53 Å². The van der Waals surface area contributed by atoms with Gasteiger partial charge in [0.05, 0.1) is 6.04 Å². The number of aromatic nitrogens is 1. The number of benzene rings is 1. The van der Waals surface area contributed by atoms with Gasteiger partial charge in [-0.3, -0.25) is 0 Å². The van der Waals surface area contributed by atoms with Gasteiger partial charge < -0.3 is 9.64 Å². The van der Waals surface area contributed by atoms with E-state index in [4.69, 9.17) is 16.3 Å². The van der Waals surface area contributed by atoms with Crippen LogP contribution in [0.4, 0.5) is 4.79 Å². The molecule has 0 aliphatic carbocycles. The van der Waals surface area contributed by atoms with Crippen LogP contribution in [0.2, 0.25) is 5.15 Å². The highest BCUT2D eigenvalue weighted by Crippen LogP contribution is 2.33. The molecule has 0 bridgehead atoms. The van der Waals surface area contributed by atoms with Crippen LogP contribution in [0.5, 0.6) is 0 Å². The number of piperidine rings is 1. The molecule has 2 heterocycles. The van der Waals surface area contributed by atoms with E-state index in [1.165, 1.54) is 0 Å². The molecular formula is C19H21ClN2O2. The minimum absolute atomic E-state index is 0.00629. The predicted octanol–water partition coefficient (Wildman–Crippen LogP) is 4.91. The van der Waals surface area contributed by atoms with Crippen LogP contribution >= 0.6 is 11.6 Å². The summed E-state index contributed by atoms with van der Waals surface area (Å²) in [6, 6.07) is 11.6. The topological polar surface area (TPSA) is 42.4 Å². The van der Waals surface area contributed by atoms with Crippen molar-refractivity contribution >= 4 is 17.7 Å². The monoisotopic (exact) mass is 344 g/mol. The first-order chi connectivity index (χ1) is 11.6. The Kier molecular flexibility index (Phi) is 5.36. The van der Waals surface area contributed by atoms with Crippen molar-refractivity contribution in [3.63, 3.8) is 0 Å². The Hall–Kier alpha value is -2.07. The van der Waals surface area contributed by atoms with Gasteiger partial charge in [0.1, 0.15) is 11.8 Å². The summed E-state index contributed by atoms with van der Waals surface area (Å²) in [4.78, 5) is 18.6. The van der Waals surface area contributed by atoms with E-state index in [1.54, 1.807) is 6.20 Å². The molecule has 1 aromatic heterocycles. The molecule has 24 heavy (non-hydrogen) atoms. The van der Waals surface area contributed by atoms with Crippen molar-refractivity contribution in [2.75, 3.05) is 6.54 Å². The molecule has 1 aliphatic rings. The molecule has 1 fully saturated rings. The fourth-order valence-electron chi connectivity index (χ4n) is 3.16. The number of carbonyl (C=O) groups is 1. The number of ether oxygens (including phenoxy) is 1. The van der Waals surface area contributed by atoms with Crippen LogP contribution in [-0.4, -0.2) is 22.5 Å². The van der Waals surface area contributed by atoms with Crippen LogP contribution in [0.1, 0.15) is 42.0 Å². The van der Waals surface area contributed by atoms with Gasteiger partial charge in [-0.15, -0.1) is 0 Å². The number of pyridine rings is 1. The lowest BCUT2D eigenvalue weighted by Crippen LogP contribution is -2.39. The van der Waals surface area contributed by atoms with E-state index < -0.39 is 0 Å². The molecule has 0 spiro atoms. The number of hydrogen-bond acceptors (Lipinski definition) is 3. The highest BCUT2D eigenvalue weighted by Gasteiger charge is 2.30. The molecule has 2 aromatic rings. The lowest BCUT2D eigenvalue weighted by atomic mass is 9.94. The van der Waals surface area contributed by atoms with E-state index in [0.29, 0.717) is 18.3 Å². The Morgan fingerprint density at radius 1 is 1.33 bits per heavy atom. The van der Waals surface area contributed by atoms with E-state index in [2.05, 4.69) is 4.98 Å². The van der Waals surface area contributed by atoms with Crippen molar-refractivity contribution in [3.8, 4) is 0 Å². The van der Waals surface area contributed by atoms with Gasteiger partial charge in [0.15, 0.2) is 0 Å². The summed E-state index contributed by atoms with van der Waals surface area (Å²) in [5, 5.41) is 0.477. The summed E-state index contributed by atoms with van der Waals surface area (Å²) in [7, 11) is 0. The van der Waals surface area contributed by atoms with Gasteiger partial charge in [0, 0.05) is 12.7 Å². The third kappa shape index (κ3) is 3.88. The number of rotatable bonds is 3. The Balaban J connectivity index is 1.73. The van der Waals surface area contributed by atoms with Crippen LogP contribution in [0, 0.1) is 6.92 Å². The van der Waals surface area contributed by atoms with Crippen LogP contribution in [0.25, 0.3) is 0 Å². The zero-order valence-corrected chi connectivity index (χ0v) is 14.5. The fraction of sp³-hybridized carbons (Fsp3) is 0.368. The second-order valence-corrected chi connectivity index (χ2v) is 6.50. The summed E-state index contributed by atoms with van der Waals surface area (Å²) in [6.07, 6.45) is 4.53. The first-order valence-corrected chi connectivity index (χ1v) is 8.62. The van der Waals surface area contributed by atoms with Gasteiger partial charge in [-0.2, -0.15) is 0 Å². The normalized spacial score (nSPS) is 17.6. The first-order valence-electron chi connectivity index (χ1n) is 8.24. The van der Waals surface area contributed by atoms with Gasteiger partial charge in [0.2, 0.25) is 0 Å². The molecule has 0 saturated carbocycles. The van der Waals surface area contributed by atoms with Crippen LogP contribution < -0.4 is 0 Å². The van der Waals surface area contributed by atoms with Crippen LogP contribution in [-0.2, 0) is 11.3 Å². The standard InChI is InChI=1S/C19H21ClN2O2/c1-14-11-18(20)21-12-16(14)17-9-5-6-10-22(17)19(23)24-13-15-7-3-2-4-8-15/h2-4,7-8,11-12,17H,5-6,9-10,13H2,1H3. The van der Waals surface area contributed by atoms with E-state index >= 15 is 0 Å². The van der Waals surface area contributed by atoms with E-state index in [-0.39, 0.29) is 12.1 Å². The Labute approximate surface area is 147 Å². The third-order valence-electron chi connectivity index (χ3n) is 4.42. The van der Waals surface area contributed by atoms with Crippen molar-refractivity contribution in [2.45, 2.75) is 38.8 Å². The lowest BCUT2D eigenvalue weighted by Gasteiger charge is -2.35. The molecule has 1 amide bonds. The summed E-state index contributed by atoms with van der Waals surface area (Å²) >= 11 is 5.96. The number of aryl methyl sites for hydroxylation is 1. The zero-order chi connectivity index (χ0) is 16.9. The minimum Gasteiger partial charge on any atom is -0.445 e. The smallest absolute Gasteiger partial charge is 0.410 e. The number of nitrogens with zero attached hydrogens (tertiary/aromatic N) is 2. The summed E-state index contributed by atoms with van der Waals surface area (Å²) < 4.78 is 5.52. The number of likely N-dealkylation sites (tertiary alicyclic amines) is 1. The molecule has 3 rings (SSSR count).